The lowest BCUT2D eigenvalue weighted by atomic mass is 10.2. The second-order valence-electron chi connectivity index (χ2n) is 8.55. The van der Waals surface area contributed by atoms with E-state index in [0.29, 0.717) is 44.3 Å². The molecule has 10 nitrogen and oxygen atoms in total. The van der Waals surface area contributed by atoms with E-state index in [1.807, 2.05) is 35.2 Å². The molecule has 210 valence electrons. The summed E-state index contributed by atoms with van der Waals surface area (Å²) in [6, 6.07) is 11.0. The number of carbonyl (C=O) groups is 1. The van der Waals surface area contributed by atoms with Crippen LogP contribution in [0.1, 0.15) is 12.8 Å². The average Bonchev–Trinajstić information content (AvgIpc) is 3.26. The van der Waals surface area contributed by atoms with Crippen LogP contribution in [0.3, 0.4) is 0 Å². The van der Waals surface area contributed by atoms with Gasteiger partial charge in [0.1, 0.15) is 11.0 Å². The highest BCUT2D eigenvalue weighted by atomic mass is 32.2. The van der Waals surface area contributed by atoms with Crippen molar-refractivity contribution in [3.63, 3.8) is 0 Å². The quantitative estimate of drug-likeness (QED) is 0.331. The first-order chi connectivity index (χ1) is 17.7. The van der Waals surface area contributed by atoms with E-state index in [-0.39, 0.29) is 6.10 Å². The largest absolute Gasteiger partial charge is 0.501 e. The topological polar surface area (TPSA) is 162 Å². The molecule has 1 amide bonds. The van der Waals surface area contributed by atoms with Gasteiger partial charge in [-0.2, -0.15) is 13.2 Å². The fourth-order valence-corrected chi connectivity index (χ4v) is 6.43. The summed E-state index contributed by atoms with van der Waals surface area (Å²) in [6.45, 7) is 1.49. The highest BCUT2D eigenvalue weighted by Crippen LogP contribution is 2.36. The van der Waals surface area contributed by atoms with Gasteiger partial charge in [0.05, 0.1) is 10.6 Å². The summed E-state index contributed by atoms with van der Waals surface area (Å²) in [5.41, 5.74) is -0.995. The summed E-state index contributed by atoms with van der Waals surface area (Å²) in [5.74, 6) is 0.349. The van der Waals surface area contributed by atoms with E-state index < -0.39 is 53.0 Å². The number of nitrogens with zero attached hydrogens (tertiary/aromatic N) is 1. The Kier molecular flexibility index (Phi) is 9.57. The summed E-state index contributed by atoms with van der Waals surface area (Å²) in [6.07, 6.45) is -0.294. The summed E-state index contributed by atoms with van der Waals surface area (Å²) < 4.78 is 93.5. The molecule has 38 heavy (non-hydrogen) atoms. The number of sulfone groups is 1. The third-order valence-electron chi connectivity index (χ3n) is 5.74. The Morgan fingerprint density at radius 3 is 2.45 bits per heavy atom. The number of anilines is 1. The van der Waals surface area contributed by atoms with Crippen LogP contribution in [0.2, 0.25) is 0 Å². The monoisotopic (exact) mass is 596 g/mol. The molecule has 0 aromatic heterocycles. The van der Waals surface area contributed by atoms with Gasteiger partial charge in [0.2, 0.25) is 10.0 Å². The van der Waals surface area contributed by atoms with Gasteiger partial charge in [-0.1, -0.05) is 18.2 Å². The molecule has 1 unspecified atom stereocenters. The van der Waals surface area contributed by atoms with E-state index in [2.05, 4.69) is 5.32 Å². The van der Waals surface area contributed by atoms with Crippen molar-refractivity contribution in [1.29, 1.82) is 0 Å². The van der Waals surface area contributed by atoms with Gasteiger partial charge in [-0.15, -0.1) is 11.8 Å². The lowest BCUT2D eigenvalue weighted by Crippen LogP contribution is -2.33. The molecule has 2 aromatic carbocycles. The van der Waals surface area contributed by atoms with Gasteiger partial charge in [-0.25, -0.2) is 26.8 Å². The molecule has 3 rings (SSSR count). The number of carbonyl (C=O) groups excluding carboxylic acids is 1. The number of likely N-dealkylation sites (tertiary alicyclic amines) is 1. The Balaban J connectivity index is 1.87. The van der Waals surface area contributed by atoms with Crippen molar-refractivity contribution in [3.05, 3.63) is 48.5 Å². The maximum absolute atomic E-state index is 13.5. The molecule has 1 saturated heterocycles. The number of nitrogens with two attached hydrogens (primary N) is 2. The molecular formula is C22H27F3N4O6S3. The zero-order chi connectivity index (χ0) is 28.1. The lowest BCUT2D eigenvalue weighted by molar-refractivity contribution is -0.0435. The predicted octanol–water partition coefficient (Wildman–Crippen LogP) is 2.76. The number of halogens is 3. The third kappa shape index (κ3) is 7.99. The minimum Gasteiger partial charge on any atom is -0.445 e. The molecule has 2 aromatic rings. The van der Waals surface area contributed by atoms with Crippen LogP contribution >= 0.6 is 11.8 Å². The number of hydrogen-bond acceptors (Lipinski definition) is 9. The maximum atomic E-state index is 13.5. The minimum absolute atomic E-state index is 0.349. The highest BCUT2D eigenvalue weighted by molar-refractivity contribution is 7.99. The molecule has 1 heterocycles. The molecule has 0 aliphatic carbocycles. The molecule has 0 spiro atoms. The average molecular weight is 597 g/mol. The molecule has 0 saturated carbocycles. The summed E-state index contributed by atoms with van der Waals surface area (Å²) in [5, 5.41) is 7.90. The highest BCUT2D eigenvalue weighted by Gasteiger charge is 2.48. The first-order valence-electron chi connectivity index (χ1n) is 11.3. The van der Waals surface area contributed by atoms with E-state index in [0.717, 1.165) is 17.0 Å². The van der Waals surface area contributed by atoms with E-state index in [9.17, 15) is 34.8 Å². The summed E-state index contributed by atoms with van der Waals surface area (Å²) in [4.78, 5) is 11.9. The molecule has 2 atom stereocenters. The molecule has 16 heteroatoms. The number of benzene rings is 2. The van der Waals surface area contributed by atoms with Crippen LogP contribution in [0.25, 0.3) is 0 Å². The van der Waals surface area contributed by atoms with Gasteiger partial charge in [0, 0.05) is 36.3 Å². The number of amides is 1. The van der Waals surface area contributed by atoms with Crippen LogP contribution in [0, 0.1) is 0 Å². The number of hydrogen-bond donors (Lipinski definition) is 3. The number of primary amides is 1. The van der Waals surface area contributed by atoms with E-state index in [1.54, 1.807) is 0 Å². The number of nitrogens with one attached hydrogen (secondary N) is 1. The fraction of sp³-hybridized carbons (Fsp3) is 0.409. The Hall–Kier alpha value is -2.53. The second-order valence-corrected chi connectivity index (χ2v) is 13.1. The number of thioether (sulfide) groups is 1. The Labute approximate surface area is 222 Å². The molecule has 0 bridgehead atoms. The first-order valence-corrected chi connectivity index (χ1v) is 15.3. The second kappa shape index (κ2) is 12.1. The van der Waals surface area contributed by atoms with E-state index in [1.165, 1.54) is 11.8 Å². The number of sulfonamides is 1. The molecule has 1 fully saturated rings. The smallest absolute Gasteiger partial charge is 0.445 e. The summed E-state index contributed by atoms with van der Waals surface area (Å²) >= 11 is 1.41. The van der Waals surface area contributed by atoms with E-state index in [4.69, 9.17) is 15.6 Å². The van der Waals surface area contributed by atoms with Crippen LogP contribution in [0.15, 0.2) is 63.2 Å². The van der Waals surface area contributed by atoms with Gasteiger partial charge >= 0.3 is 11.6 Å². The summed E-state index contributed by atoms with van der Waals surface area (Å²) in [7, 11) is -10.4. The minimum atomic E-state index is -5.91. The fourth-order valence-electron chi connectivity index (χ4n) is 3.88. The zero-order valence-electron chi connectivity index (χ0n) is 19.9. The van der Waals surface area contributed by atoms with Crippen molar-refractivity contribution in [2.45, 2.75) is 45.2 Å². The Bertz CT molecular complexity index is 1340. The van der Waals surface area contributed by atoms with Gasteiger partial charge in [0.15, 0.2) is 0 Å². The van der Waals surface area contributed by atoms with Crippen LogP contribution in [-0.4, -0.2) is 70.9 Å². The molecular weight excluding hydrogens is 569 g/mol. The SMILES string of the molecule is NC(=O)O[C@H]1CCN(CCC(CSc2ccccc2)Nc2ccc(S(N)(=O)=O)cc2S(=O)(=O)C(F)(F)F)C1. The standard InChI is InChI=1S/C22H27F3N4O6S3/c23-22(24,25)37(31,32)20-12-18(38(27,33)34)6-7-19(20)28-15(14-36-17-4-2-1-3-5-17)8-10-29-11-9-16(13-29)35-21(26)30/h1-7,12,15-16,28H,8-11,13-14H2,(H2,26,30)(H2,27,33,34)/t15?,16-/m0/s1. The van der Waals surface area contributed by atoms with Crippen molar-refractivity contribution < 1.29 is 39.5 Å². The molecule has 5 N–H and O–H groups in total. The van der Waals surface area contributed by atoms with Gasteiger partial charge in [-0.3, -0.25) is 4.90 Å². The molecule has 1 aliphatic heterocycles. The molecule has 0 radical (unpaired) electrons. The van der Waals surface area contributed by atoms with Gasteiger partial charge < -0.3 is 15.8 Å². The molecule has 1 aliphatic rings. The Morgan fingerprint density at radius 2 is 1.84 bits per heavy atom. The maximum Gasteiger partial charge on any atom is 0.501 e. The lowest BCUT2D eigenvalue weighted by Gasteiger charge is -2.25. The van der Waals surface area contributed by atoms with Gasteiger partial charge in [0.25, 0.3) is 9.84 Å². The van der Waals surface area contributed by atoms with Crippen molar-refractivity contribution >= 4 is 43.4 Å². The van der Waals surface area contributed by atoms with Crippen LogP contribution in [0.4, 0.5) is 23.7 Å². The number of alkyl halides is 3. The first kappa shape index (κ1) is 30.0. The number of rotatable bonds is 11. The Morgan fingerprint density at radius 1 is 1.16 bits per heavy atom. The predicted molar refractivity (Wildman–Crippen MR) is 136 cm³/mol. The van der Waals surface area contributed by atoms with E-state index >= 15 is 0 Å². The van der Waals surface area contributed by atoms with Crippen LogP contribution in [-0.2, 0) is 24.6 Å². The van der Waals surface area contributed by atoms with Crippen LogP contribution < -0.4 is 16.2 Å². The van der Waals surface area contributed by atoms with Crippen molar-refractivity contribution in [3.8, 4) is 0 Å². The van der Waals surface area contributed by atoms with Crippen molar-refractivity contribution in [1.82, 2.24) is 4.90 Å². The van der Waals surface area contributed by atoms with Gasteiger partial charge in [-0.05, 0) is 43.2 Å². The number of ether oxygens (including phenoxy) is 1. The normalized spacial score (nSPS) is 17.7. The van der Waals surface area contributed by atoms with Crippen molar-refractivity contribution in [2.75, 3.05) is 30.7 Å². The van der Waals surface area contributed by atoms with Crippen LogP contribution in [0.5, 0.6) is 0 Å². The third-order valence-corrected chi connectivity index (χ3v) is 9.35. The number of primary sulfonamides is 1. The van der Waals surface area contributed by atoms with Crippen molar-refractivity contribution in [2.24, 2.45) is 10.9 Å². The zero-order valence-corrected chi connectivity index (χ0v) is 22.4.